The monoisotopic (exact) mass is 287 g/mol. The minimum atomic E-state index is 0.255. The normalized spacial score (nSPS) is 22.8. The lowest BCUT2D eigenvalue weighted by atomic mass is 10.00. The summed E-state index contributed by atoms with van der Waals surface area (Å²) in [7, 11) is 0. The van der Waals surface area contributed by atoms with Gasteiger partial charge in [-0.3, -0.25) is 4.79 Å². The topological polar surface area (TPSA) is 44.4 Å². The quantitative estimate of drug-likeness (QED) is 0.869. The number of benzene rings is 1. The number of anilines is 1. The lowest BCUT2D eigenvalue weighted by molar-refractivity contribution is -0.117. The maximum atomic E-state index is 11.7. The van der Waals surface area contributed by atoms with Crippen molar-refractivity contribution in [2.75, 3.05) is 31.1 Å². The zero-order valence-corrected chi connectivity index (χ0v) is 12.6. The molecule has 1 amide bonds. The molecule has 0 spiro atoms. The molecule has 2 aliphatic heterocycles. The van der Waals surface area contributed by atoms with E-state index in [2.05, 4.69) is 34.9 Å². The van der Waals surface area contributed by atoms with Crippen molar-refractivity contribution in [2.24, 2.45) is 5.92 Å². The highest BCUT2D eigenvalue weighted by atomic mass is 16.2. The van der Waals surface area contributed by atoms with Crippen LogP contribution in [0.3, 0.4) is 0 Å². The first kappa shape index (κ1) is 14.5. The highest BCUT2D eigenvalue weighted by molar-refractivity contribution is 5.95. The van der Waals surface area contributed by atoms with Gasteiger partial charge in [0.25, 0.3) is 0 Å². The van der Waals surface area contributed by atoms with E-state index >= 15 is 0 Å². The van der Waals surface area contributed by atoms with Crippen LogP contribution in [-0.2, 0) is 11.3 Å². The summed E-state index contributed by atoms with van der Waals surface area (Å²) in [6, 6.07) is 8.41. The van der Waals surface area contributed by atoms with Crippen LogP contribution < -0.4 is 15.5 Å². The molecule has 1 aromatic carbocycles. The number of nitrogens with zero attached hydrogens (tertiary/aromatic N) is 1. The predicted octanol–water partition coefficient (Wildman–Crippen LogP) is 1.90. The first-order valence-electron chi connectivity index (χ1n) is 8.13. The Morgan fingerprint density at radius 1 is 1.24 bits per heavy atom. The van der Waals surface area contributed by atoms with E-state index in [0.29, 0.717) is 6.42 Å². The Bertz CT molecular complexity index is 465. The van der Waals surface area contributed by atoms with Crippen LogP contribution in [0.15, 0.2) is 24.3 Å². The number of carbonyl (C=O) groups excluding carboxylic acids is 1. The van der Waals surface area contributed by atoms with Gasteiger partial charge in [-0.05, 0) is 62.5 Å². The molecule has 0 aromatic heterocycles. The number of nitrogens with one attached hydrogen (secondary N) is 2. The molecule has 4 nitrogen and oxygen atoms in total. The summed E-state index contributed by atoms with van der Waals surface area (Å²) in [5, 5.41) is 7.00. The van der Waals surface area contributed by atoms with Crippen LogP contribution in [-0.4, -0.2) is 32.1 Å². The summed E-state index contributed by atoms with van der Waals surface area (Å²) in [5.41, 5.74) is 2.33. The van der Waals surface area contributed by atoms with E-state index in [9.17, 15) is 4.79 Å². The zero-order valence-electron chi connectivity index (χ0n) is 12.6. The highest BCUT2D eigenvalue weighted by Crippen LogP contribution is 2.21. The highest BCUT2D eigenvalue weighted by Gasteiger charge is 2.21. The summed E-state index contributed by atoms with van der Waals surface area (Å²) in [5.74, 6) is 1.02. The van der Waals surface area contributed by atoms with E-state index in [1.165, 1.54) is 24.9 Å². The van der Waals surface area contributed by atoms with Gasteiger partial charge in [0.15, 0.2) is 0 Å². The van der Waals surface area contributed by atoms with Gasteiger partial charge in [0, 0.05) is 25.2 Å². The van der Waals surface area contributed by atoms with Gasteiger partial charge >= 0.3 is 0 Å². The zero-order chi connectivity index (χ0) is 14.5. The van der Waals surface area contributed by atoms with Crippen LogP contribution in [0.2, 0.25) is 0 Å². The third kappa shape index (κ3) is 3.83. The van der Waals surface area contributed by atoms with Gasteiger partial charge in [-0.1, -0.05) is 12.1 Å². The van der Waals surface area contributed by atoms with Crippen molar-refractivity contribution in [3.63, 3.8) is 0 Å². The first-order chi connectivity index (χ1) is 10.3. The molecule has 2 aliphatic rings. The van der Waals surface area contributed by atoms with Gasteiger partial charge in [0.2, 0.25) is 5.91 Å². The summed E-state index contributed by atoms with van der Waals surface area (Å²) in [6.07, 6.45) is 4.30. The molecule has 2 heterocycles. The molecule has 0 radical (unpaired) electrons. The van der Waals surface area contributed by atoms with Crippen LogP contribution in [0, 0.1) is 5.92 Å². The van der Waals surface area contributed by atoms with E-state index in [4.69, 9.17) is 0 Å². The largest absolute Gasteiger partial charge is 0.316 e. The molecule has 2 N–H and O–H groups in total. The molecule has 3 rings (SSSR count). The van der Waals surface area contributed by atoms with Crippen molar-refractivity contribution in [3.8, 4) is 0 Å². The van der Waals surface area contributed by atoms with Gasteiger partial charge in [-0.2, -0.15) is 0 Å². The fourth-order valence-corrected chi connectivity index (χ4v) is 3.23. The van der Waals surface area contributed by atoms with Crippen LogP contribution in [0.25, 0.3) is 0 Å². The molecule has 0 bridgehead atoms. The second-order valence-electron chi connectivity index (χ2n) is 6.16. The molecule has 0 aliphatic carbocycles. The van der Waals surface area contributed by atoms with Crippen LogP contribution in [0.4, 0.5) is 5.69 Å². The maximum absolute atomic E-state index is 11.7. The molecule has 114 valence electrons. The Labute approximate surface area is 126 Å². The van der Waals surface area contributed by atoms with Crippen molar-refractivity contribution in [2.45, 2.75) is 32.2 Å². The van der Waals surface area contributed by atoms with Crippen molar-refractivity contribution in [1.29, 1.82) is 0 Å². The number of hydrogen-bond donors (Lipinski definition) is 2. The van der Waals surface area contributed by atoms with E-state index < -0.39 is 0 Å². The Hall–Kier alpha value is -1.39. The summed E-state index contributed by atoms with van der Waals surface area (Å²) in [4.78, 5) is 13.6. The number of amides is 1. The Morgan fingerprint density at radius 2 is 2.10 bits per heavy atom. The number of hydrogen-bond acceptors (Lipinski definition) is 3. The second-order valence-corrected chi connectivity index (χ2v) is 6.16. The molecule has 2 fully saturated rings. The van der Waals surface area contributed by atoms with Crippen molar-refractivity contribution in [1.82, 2.24) is 10.6 Å². The third-order valence-electron chi connectivity index (χ3n) is 4.48. The van der Waals surface area contributed by atoms with Crippen molar-refractivity contribution < 1.29 is 4.79 Å². The second kappa shape index (κ2) is 7.05. The van der Waals surface area contributed by atoms with Gasteiger partial charge < -0.3 is 15.5 Å². The van der Waals surface area contributed by atoms with Crippen molar-refractivity contribution in [3.05, 3.63) is 29.8 Å². The fraction of sp³-hybridized carbons (Fsp3) is 0.588. The van der Waals surface area contributed by atoms with Gasteiger partial charge in [-0.15, -0.1) is 0 Å². The average molecular weight is 287 g/mol. The average Bonchev–Trinajstić information content (AvgIpc) is 2.95. The third-order valence-corrected chi connectivity index (χ3v) is 4.48. The molecular weight excluding hydrogens is 262 g/mol. The standard InChI is InChI=1S/C17H25N3O/c21-17-4-2-10-20(17)16-7-5-14(6-8-16)11-19-13-15-3-1-9-18-12-15/h5-8,15,18-19H,1-4,9-13H2. The molecular formula is C17H25N3O. The Morgan fingerprint density at radius 3 is 2.76 bits per heavy atom. The minimum absolute atomic E-state index is 0.255. The number of carbonyl (C=O) groups is 1. The van der Waals surface area contributed by atoms with E-state index in [0.717, 1.165) is 44.2 Å². The van der Waals surface area contributed by atoms with E-state index in [-0.39, 0.29) is 5.91 Å². The smallest absolute Gasteiger partial charge is 0.227 e. The van der Waals surface area contributed by atoms with Crippen molar-refractivity contribution >= 4 is 11.6 Å². The Balaban J connectivity index is 1.46. The minimum Gasteiger partial charge on any atom is -0.316 e. The molecule has 1 unspecified atom stereocenters. The van der Waals surface area contributed by atoms with Crippen LogP contribution >= 0.6 is 0 Å². The predicted molar refractivity (Wildman–Crippen MR) is 85.3 cm³/mol. The molecule has 0 saturated carbocycles. The SMILES string of the molecule is O=C1CCCN1c1ccc(CNCC2CCCNC2)cc1. The van der Waals surface area contributed by atoms with Gasteiger partial charge in [0.05, 0.1) is 0 Å². The first-order valence-corrected chi connectivity index (χ1v) is 8.13. The molecule has 1 atom stereocenters. The number of rotatable bonds is 5. The van der Waals surface area contributed by atoms with E-state index in [1.807, 2.05) is 4.90 Å². The molecule has 21 heavy (non-hydrogen) atoms. The fourth-order valence-electron chi connectivity index (χ4n) is 3.23. The molecule has 2 saturated heterocycles. The Kier molecular flexibility index (Phi) is 4.88. The maximum Gasteiger partial charge on any atom is 0.227 e. The number of piperidine rings is 1. The summed E-state index contributed by atoms with van der Waals surface area (Å²) in [6.45, 7) is 5.17. The molecule has 4 heteroatoms. The lowest BCUT2D eigenvalue weighted by Crippen LogP contribution is -2.35. The lowest BCUT2D eigenvalue weighted by Gasteiger charge is -2.23. The molecule has 1 aromatic rings. The summed E-state index contributed by atoms with van der Waals surface area (Å²) < 4.78 is 0. The van der Waals surface area contributed by atoms with E-state index in [1.54, 1.807) is 0 Å². The van der Waals surface area contributed by atoms with Gasteiger partial charge in [0.1, 0.15) is 0 Å². The summed E-state index contributed by atoms with van der Waals surface area (Å²) >= 11 is 0. The van der Waals surface area contributed by atoms with Crippen LogP contribution in [0.5, 0.6) is 0 Å². The van der Waals surface area contributed by atoms with Gasteiger partial charge in [-0.25, -0.2) is 0 Å². The van der Waals surface area contributed by atoms with Crippen LogP contribution in [0.1, 0.15) is 31.2 Å².